The van der Waals surface area contributed by atoms with Crippen LogP contribution in [0.25, 0.3) is 17.1 Å². The Morgan fingerprint density at radius 1 is 1.17 bits per heavy atom. The maximum atomic E-state index is 15.0. The number of morpholine rings is 1. The van der Waals surface area contributed by atoms with E-state index in [0.29, 0.717) is 53.7 Å². The number of carbonyl (C=O) groups is 1. The lowest BCUT2D eigenvalue weighted by atomic mass is 10.1. The molecule has 0 aliphatic carbocycles. The van der Waals surface area contributed by atoms with E-state index in [0.717, 1.165) is 24.3 Å². The maximum Gasteiger partial charge on any atom is 0.351 e. The first-order valence-electron chi connectivity index (χ1n) is 11.9. The summed E-state index contributed by atoms with van der Waals surface area (Å²) in [6, 6.07) is 11.6. The van der Waals surface area contributed by atoms with Gasteiger partial charge >= 0.3 is 5.69 Å². The van der Waals surface area contributed by atoms with Gasteiger partial charge in [-0.05, 0) is 36.1 Å². The van der Waals surface area contributed by atoms with E-state index in [-0.39, 0.29) is 18.2 Å². The molecule has 4 rings (SSSR count). The Morgan fingerprint density at radius 2 is 1.94 bits per heavy atom. The van der Waals surface area contributed by atoms with Crippen molar-refractivity contribution in [3.63, 3.8) is 0 Å². The van der Waals surface area contributed by atoms with Crippen LogP contribution in [0.4, 0.5) is 4.39 Å². The molecule has 1 aliphatic rings. The minimum absolute atomic E-state index is 0.0745. The maximum absolute atomic E-state index is 15.0. The highest BCUT2D eigenvalue weighted by Crippen LogP contribution is 2.22. The number of aromatic nitrogens is 3. The van der Waals surface area contributed by atoms with Gasteiger partial charge in [0.05, 0.1) is 25.4 Å². The van der Waals surface area contributed by atoms with Crippen molar-refractivity contribution in [1.29, 1.82) is 0 Å². The van der Waals surface area contributed by atoms with Gasteiger partial charge in [0.15, 0.2) is 11.6 Å². The highest BCUT2D eigenvalue weighted by Gasteiger charge is 2.20. The van der Waals surface area contributed by atoms with E-state index < -0.39 is 11.5 Å². The Labute approximate surface area is 209 Å². The van der Waals surface area contributed by atoms with Crippen molar-refractivity contribution in [2.45, 2.75) is 33.2 Å². The molecule has 9 heteroatoms. The zero-order valence-corrected chi connectivity index (χ0v) is 20.8. The number of hydrogen-bond donors (Lipinski definition) is 0. The van der Waals surface area contributed by atoms with Gasteiger partial charge in [0.25, 0.3) is 0 Å². The Morgan fingerprint density at radius 3 is 2.63 bits per heavy atom. The van der Waals surface area contributed by atoms with Crippen molar-refractivity contribution in [3.8, 4) is 17.1 Å². The number of ketones is 1. The molecule has 0 bridgehead atoms. The fraction of sp³-hybridized carbons (Fsp3) is 0.423. The number of rotatable bonds is 9. The smallest absolute Gasteiger partial charge is 0.351 e. The van der Waals surface area contributed by atoms with Crippen LogP contribution in [0.2, 0.25) is 5.02 Å². The molecular weight excluding hydrogens is 471 g/mol. The summed E-state index contributed by atoms with van der Waals surface area (Å²) in [5.74, 6) is 0.0142. The summed E-state index contributed by atoms with van der Waals surface area (Å²) in [6.45, 7) is 7.60. The Kier molecular flexibility index (Phi) is 8.15. The first-order valence-corrected chi connectivity index (χ1v) is 12.3. The van der Waals surface area contributed by atoms with Crippen LogP contribution in [0.1, 0.15) is 25.8 Å². The second kappa shape index (κ2) is 11.3. The molecule has 7 nitrogen and oxygen atoms in total. The highest BCUT2D eigenvalue weighted by atomic mass is 35.5. The van der Waals surface area contributed by atoms with E-state index in [2.05, 4.69) is 10.00 Å². The summed E-state index contributed by atoms with van der Waals surface area (Å²) in [5, 5.41) is 4.97. The summed E-state index contributed by atoms with van der Waals surface area (Å²) in [6.07, 6.45) is 0.909. The van der Waals surface area contributed by atoms with Gasteiger partial charge in [-0.3, -0.25) is 14.3 Å². The number of benzene rings is 2. The van der Waals surface area contributed by atoms with Crippen LogP contribution in [0.3, 0.4) is 0 Å². The topological polar surface area (TPSA) is 69.4 Å². The lowest BCUT2D eigenvalue weighted by Crippen LogP contribution is -2.37. The minimum atomic E-state index is -0.502. The summed E-state index contributed by atoms with van der Waals surface area (Å²) in [5.41, 5.74) is 0.988. The molecule has 1 aliphatic heterocycles. The molecule has 35 heavy (non-hydrogen) atoms. The predicted octanol–water partition coefficient (Wildman–Crippen LogP) is 3.98. The molecule has 0 radical (unpaired) electrons. The lowest BCUT2D eigenvalue weighted by molar-refractivity contribution is -0.120. The van der Waals surface area contributed by atoms with Gasteiger partial charge in [0.2, 0.25) is 0 Å². The lowest BCUT2D eigenvalue weighted by Gasteiger charge is -2.26. The molecule has 0 N–H and O–H groups in total. The van der Waals surface area contributed by atoms with Crippen molar-refractivity contribution in [1.82, 2.24) is 19.2 Å². The number of nitrogens with zero attached hydrogens (tertiary/aromatic N) is 4. The Hall–Kier alpha value is -2.81. The third-order valence-corrected chi connectivity index (χ3v) is 6.23. The van der Waals surface area contributed by atoms with Crippen molar-refractivity contribution < 1.29 is 13.9 Å². The molecule has 1 saturated heterocycles. The summed E-state index contributed by atoms with van der Waals surface area (Å²) < 4.78 is 22.8. The Bertz CT molecular complexity index is 1250. The zero-order valence-electron chi connectivity index (χ0n) is 20.0. The van der Waals surface area contributed by atoms with Crippen molar-refractivity contribution in [2.24, 2.45) is 5.92 Å². The second-order valence-corrected chi connectivity index (χ2v) is 9.67. The predicted molar refractivity (Wildman–Crippen MR) is 134 cm³/mol. The molecule has 0 saturated carbocycles. The fourth-order valence-electron chi connectivity index (χ4n) is 4.22. The van der Waals surface area contributed by atoms with Gasteiger partial charge in [-0.15, -0.1) is 5.10 Å². The molecule has 186 valence electrons. The number of hydrogen-bond acceptors (Lipinski definition) is 5. The van der Waals surface area contributed by atoms with Gasteiger partial charge in [-0.1, -0.05) is 43.6 Å². The van der Waals surface area contributed by atoms with Crippen LogP contribution in [-0.2, 0) is 22.5 Å². The normalized spacial score (nSPS) is 14.5. The van der Waals surface area contributed by atoms with Gasteiger partial charge in [-0.25, -0.2) is 9.18 Å². The largest absolute Gasteiger partial charge is 0.379 e. The number of ether oxygens (including phenoxy) is 1. The molecule has 2 heterocycles. The first-order chi connectivity index (χ1) is 16.8. The first kappa shape index (κ1) is 25.3. The molecule has 0 unspecified atom stereocenters. The average molecular weight is 501 g/mol. The SMILES string of the molecule is CC(C)CC(=O)Cn1c(-c2cccc(Cl)c2)nn(-c2ccc(CCN3CCOCC3)c(F)c2)c1=O. The van der Waals surface area contributed by atoms with Crippen LogP contribution in [0, 0.1) is 11.7 Å². The van der Waals surface area contributed by atoms with E-state index in [1.807, 2.05) is 13.8 Å². The van der Waals surface area contributed by atoms with Crippen LogP contribution in [0.15, 0.2) is 47.3 Å². The van der Waals surface area contributed by atoms with Gasteiger partial charge in [-0.2, -0.15) is 4.68 Å². The number of halogens is 2. The van der Waals surface area contributed by atoms with Crippen LogP contribution < -0.4 is 5.69 Å². The third kappa shape index (κ3) is 6.25. The van der Waals surface area contributed by atoms with Crippen molar-refractivity contribution >= 4 is 17.4 Å². The molecular formula is C26H30ClFN4O3. The Balaban J connectivity index is 1.64. The minimum Gasteiger partial charge on any atom is -0.379 e. The zero-order chi connectivity index (χ0) is 24.9. The van der Waals surface area contributed by atoms with Crippen LogP contribution in [-0.4, -0.2) is 57.9 Å². The van der Waals surface area contributed by atoms with E-state index in [4.69, 9.17) is 16.3 Å². The average Bonchev–Trinajstić information content (AvgIpc) is 3.14. The summed E-state index contributed by atoms with van der Waals surface area (Å²) >= 11 is 6.16. The number of Topliss-reactive ketones (excluding diaryl/α,β-unsaturated/α-hetero) is 1. The molecule has 3 aromatic rings. The van der Waals surface area contributed by atoms with Gasteiger partial charge in [0.1, 0.15) is 5.82 Å². The van der Waals surface area contributed by atoms with Crippen molar-refractivity contribution in [3.05, 3.63) is 69.4 Å². The molecule has 1 fully saturated rings. The molecule has 0 amide bonds. The standard InChI is InChI=1S/C26H30ClFN4O3/c1-18(2)14-23(33)17-31-25(20-4-3-5-21(27)15-20)29-32(26(31)34)22-7-6-19(24(28)16-22)8-9-30-10-12-35-13-11-30/h3-7,15-16,18H,8-14,17H2,1-2H3. The molecule has 0 spiro atoms. The molecule has 1 aromatic heterocycles. The quantitative estimate of drug-likeness (QED) is 0.444. The molecule has 2 aromatic carbocycles. The number of carbonyl (C=O) groups excluding carboxylic acids is 1. The van der Waals surface area contributed by atoms with E-state index in [1.54, 1.807) is 36.4 Å². The third-order valence-electron chi connectivity index (χ3n) is 6.00. The summed E-state index contributed by atoms with van der Waals surface area (Å²) in [4.78, 5) is 28.2. The second-order valence-electron chi connectivity index (χ2n) is 9.23. The monoisotopic (exact) mass is 500 g/mol. The van der Waals surface area contributed by atoms with E-state index >= 15 is 0 Å². The fourth-order valence-corrected chi connectivity index (χ4v) is 4.41. The molecule has 0 atom stereocenters. The van der Waals surface area contributed by atoms with E-state index in [1.165, 1.54) is 10.6 Å². The van der Waals surface area contributed by atoms with Crippen LogP contribution >= 0.6 is 11.6 Å². The van der Waals surface area contributed by atoms with Crippen LogP contribution in [0.5, 0.6) is 0 Å². The highest BCUT2D eigenvalue weighted by molar-refractivity contribution is 6.30. The van der Waals surface area contributed by atoms with E-state index in [9.17, 15) is 14.0 Å². The van der Waals surface area contributed by atoms with Gasteiger partial charge < -0.3 is 4.74 Å². The van der Waals surface area contributed by atoms with Gasteiger partial charge in [0, 0.05) is 42.7 Å². The summed E-state index contributed by atoms with van der Waals surface area (Å²) in [7, 11) is 0. The van der Waals surface area contributed by atoms with Crippen molar-refractivity contribution in [2.75, 3.05) is 32.8 Å².